The first-order valence-electron chi connectivity index (χ1n) is 21.2. The SMILES string of the molecule is COc1cc(-c2cn(C)c(=O)c3cnccc23)cc(OC)c1CN(C)CCOCCOCC(=O)N[C@H](C(=O)N1C[C@H](O)C[C@H]1C(=O)NCc1ccc(-c2scnc2C)cc1)C(C)(C)C. The highest BCUT2D eigenvalue weighted by molar-refractivity contribution is 7.13. The number of hydrogen-bond acceptors (Lipinski definition) is 13. The van der Waals surface area contributed by atoms with E-state index in [0.29, 0.717) is 36.6 Å². The highest BCUT2D eigenvalue weighted by Gasteiger charge is 2.44. The van der Waals surface area contributed by atoms with Crippen LogP contribution in [0, 0.1) is 12.3 Å². The van der Waals surface area contributed by atoms with Crippen LogP contribution in [0.2, 0.25) is 0 Å². The fourth-order valence-electron chi connectivity index (χ4n) is 7.77. The van der Waals surface area contributed by atoms with E-state index in [-0.39, 0.29) is 50.8 Å². The van der Waals surface area contributed by atoms with Crippen molar-refractivity contribution in [1.82, 2.24) is 35.0 Å². The number of aliphatic hydroxyl groups is 1. The van der Waals surface area contributed by atoms with Gasteiger partial charge < -0.3 is 44.2 Å². The molecular formula is C47H59N7O9S. The molecule has 0 aliphatic carbocycles. The van der Waals surface area contributed by atoms with E-state index in [0.717, 1.165) is 43.8 Å². The summed E-state index contributed by atoms with van der Waals surface area (Å²) >= 11 is 1.57. The number of amides is 3. The van der Waals surface area contributed by atoms with Crippen molar-refractivity contribution in [3.8, 4) is 33.1 Å². The minimum absolute atomic E-state index is 0.0210. The van der Waals surface area contributed by atoms with E-state index in [4.69, 9.17) is 18.9 Å². The van der Waals surface area contributed by atoms with Gasteiger partial charge in [-0.3, -0.25) is 29.1 Å². The summed E-state index contributed by atoms with van der Waals surface area (Å²) in [6.07, 6.45) is 4.26. The number of likely N-dealkylation sites (N-methyl/N-ethyl adjacent to an activating group) is 1. The summed E-state index contributed by atoms with van der Waals surface area (Å²) in [7, 11) is 6.89. The fraction of sp³-hybridized carbons (Fsp3) is 0.447. The lowest BCUT2D eigenvalue weighted by Gasteiger charge is -2.35. The number of aryl methyl sites for hydroxylation is 2. The third-order valence-corrected chi connectivity index (χ3v) is 12.2. The first-order valence-corrected chi connectivity index (χ1v) is 22.0. The zero-order valence-electron chi connectivity index (χ0n) is 37.8. The number of rotatable bonds is 19. The minimum Gasteiger partial charge on any atom is -0.496 e. The normalized spacial score (nSPS) is 15.7. The molecule has 0 unspecified atom stereocenters. The monoisotopic (exact) mass is 897 g/mol. The van der Waals surface area contributed by atoms with Crippen LogP contribution in [0.1, 0.15) is 44.0 Å². The quantitative estimate of drug-likeness (QED) is 0.0999. The van der Waals surface area contributed by atoms with Crippen molar-refractivity contribution in [3.05, 3.63) is 93.7 Å². The zero-order valence-corrected chi connectivity index (χ0v) is 38.6. The van der Waals surface area contributed by atoms with Gasteiger partial charge >= 0.3 is 0 Å². The topological polar surface area (TPSA) is 187 Å². The number of β-amino-alcohol motifs (C(OH)–C–C–N with tert-alkyl or cyclic N) is 1. The second kappa shape index (κ2) is 21.3. The van der Waals surface area contributed by atoms with Crippen LogP contribution in [0.5, 0.6) is 11.5 Å². The number of carbonyl (C=O) groups excluding carboxylic acids is 3. The average Bonchev–Trinajstić information content (AvgIpc) is 3.90. The van der Waals surface area contributed by atoms with Gasteiger partial charge in [0.25, 0.3) is 5.56 Å². The third kappa shape index (κ3) is 11.5. The first kappa shape index (κ1) is 47.8. The molecule has 342 valence electrons. The summed E-state index contributed by atoms with van der Waals surface area (Å²) in [6.45, 7) is 9.26. The number of pyridine rings is 2. The second-order valence-corrected chi connectivity index (χ2v) is 17.9. The molecule has 2 aromatic carbocycles. The Hall–Kier alpha value is -5.72. The van der Waals surface area contributed by atoms with Gasteiger partial charge in [-0.1, -0.05) is 45.0 Å². The maximum absolute atomic E-state index is 14.0. The standard InChI is InChI=1S/C47H59N7O9S/c1-29-42(64-28-50-29)31-11-9-30(10-12-31)22-49-44(57)38-21-33(55)24-54(38)46(59)43(47(2,3)4)51-41(56)27-63-18-17-62-16-15-52(5)25-37-39(60-7)19-32(20-40(37)61-8)36-26-53(6)45(58)35-23-48-14-13-34(35)36/h9-14,19-20,23,26,28,33,38,43,55H,15-18,21-22,24-25,27H2,1-8H3,(H,49,57)(H,51,56)/t33-,38+,43-/m1/s1. The number of carbonyl (C=O) groups is 3. The molecule has 5 aromatic rings. The van der Waals surface area contributed by atoms with Crippen molar-refractivity contribution in [1.29, 1.82) is 0 Å². The van der Waals surface area contributed by atoms with Crippen LogP contribution in [0.25, 0.3) is 32.3 Å². The smallest absolute Gasteiger partial charge is 0.259 e. The molecule has 0 spiro atoms. The van der Waals surface area contributed by atoms with Crippen LogP contribution < -0.4 is 25.7 Å². The Labute approximate surface area is 377 Å². The van der Waals surface area contributed by atoms with Crippen molar-refractivity contribution >= 4 is 39.8 Å². The predicted octanol–water partition coefficient (Wildman–Crippen LogP) is 4.32. The molecule has 3 N–H and O–H groups in total. The molecule has 6 rings (SSSR count). The molecule has 16 nitrogen and oxygen atoms in total. The molecule has 17 heteroatoms. The zero-order chi connectivity index (χ0) is 46.1. The first-order chi connectivity index (χ1) is 30.6. The highest BCUT2D eigenvalue weighted by atomic mass is 32.1. The molecule has 3 amide bonds. The highest BCUT2D eigenvalue weighted by Crippen LogP contribution is 2.38. The number of thiazole rings is 1. The van der Waals surface area contributed by atoms with Gasteiger partial charge in [-0.2, -0.15) is 0 Å². The van der Waals surface area contributed by atoms with Gasteiger partial charge in [-0.05, 0) is 59.7 Å². The molecule has 0 saturated carbocycles. The van der Waals surface area contributed by atoms with E-state index in [9.17, 15) is 24.3 Å². The number of aromatic nitrogens is 3. The van der Waals surface area contributed by atoms with Gasteiger partial charge in [-0.15, -0.1) is 11.3 Å². The van der Waals surface area contributed by atoms with Crippen LogP contribution in [0.15, 0.2) is 71.4 Å². The summed E-state index contributed by atoms with van der Waals surface area (Å²) in [4.78, 5) is 66.3. The van der Waals surface area contributed by atoms with Gasteiger partial charge in [-0.25, -0.2) is 4.98 Å². The van der Waals surface area contributed by atoms with Crippen LogP contribution in [0.3, 0.4) is 0 Å². The largest absolute Gasteiger partial charge is 0.496 e. The minimum atomic E-state index is -0.974. The van der Waals surface area contributed by atoms with Gasteiger partial charge in [0, 0.05) is 63.8 Å². The molecule has 4 heterocycles. The Bertz CT molecular complexity index is 2460. The van der Waals surface area contributed by atoms with E-state index < -0.39 is 35.4 Å². The summed E-state index contributed by atoms with van der Waals surface area (Å²) in [5, 5.41) is 17.6. The Morgan fingerprint density at radius 1 is 1.00 bits per heavy atom. The van der Waals surface area contributed by atoms with Crippen LogP contribution in [-0.4, -0.2) is 126 Å². The van der Waals surface area contributed by atoms with E-state index in [1.54, 1.807) is 55.8 Å². The predicted molar refractivity (Wildman–Crippen MR) is 245 cm³/mol. The molecule has 3 aromatic heterocycles. The molecule has 3 atom stereocenters. The van der Waals surface area contributed by atoms with E-state index in [1.807, 2.05) is 82.7 Å². The maximum atomic E-state index is 14.0. The number of likely N-dealkylation sites (tertiary alicyclic amines) is 1. The molecule has 1 fully saturated rings. The molecule has 1 saturated heterocycles. The fourth-order valence-corrected chi connectivity index (χ4v) is 8.59. The number of aliphatic hydroxyl groups excluding tert-OH is 1. The number of benzene rings is 2. The van der Waals surface area contributed by atoms with Crippen molar-refractivity contribution in [2.75, 3.05) is 60.8 Å². The Morgan fingerprint density at radius 2 is 1.70 bits per heavy atom. The summed E-state index contributed by atoms with van der Waals surface area (Å²) in [6, 6.07) is 11.7. The molecule has 64 heavy (non-hydrogen) atoms. The number of fused-ring (bicyclic) bond motifs is 1. The molecule has 1 aliphatic heterocycles. The lowest BCUT2D eigenvalue weighted by Crippen LogP contribution is -2.58. The Morgan fingerprint density at radius 3 is 2.36 bits per heavy atom. The number of hydrogen-bond donors (Lipinski definition) is 3. The van der Waals surface area contributed by atoms with Gasteiger partial charge in [0.15, 0.2) is 0 Å². The van der Waals surface area contributed by atoms with Gasteiger partial charge in [0.1, 0.15) is 30.2 Å². The molecule has 0 bridgehead atoms. The number of ether oxygens (including phenoxy) is 4. The number of nitrogens with zero attached hydrogens (tertiary/aromatic N) is 5. The van der Waals surface area contributed by atoms with Crippen LogP contribution in [-0.2, 0) is 44.0 Å². The second-order valence-electron chi connectivity index (χ2n) is 17.1. The van der Waals surface area contributed by atoms with E-state index >= 15 is 0 Å². The van der Waals surface area contributed by atoms with Crippen LogP contribution in [0.4, 0.5) is 0 Å². The summed E-state index contributed by atoms with van der Waals surface area (Å²) < 4.78 is 24.6. The van der Waals surface area contributed by atoms with Crippen molar-refractivity contribution in [2.45, 2.75) is 65.4 Å². The van der Waals surface area contributed by atoms with Crippen molar-refractivity contribution < 1.29 is 38.4 Å². The lowest BCUT2D eigenvalue weighted by atomic mass is 9.85. The van der Waals surface area contributed by atoms with Gasteiger partial charge in [0.05, 0.1) is 67.2 Å². The number of nitrogens with one attached hydrogen (secondary N) is 2. The third-order valence-electron chi connectivity index (χ3n) is 11.3. The number of methoxy groups -OCH3 is 2. The lowest BCUT2D eigenvalue weighted by molar-refractivity contribution is -0.144. The molecule has 1 aliphatic rings. The van der Waals surface area contributed by atoms with Gasteiger partial charge in [0.2, 0.25) is 17.7 Å². The summed E-state index contributed by atoms with van der Waals surface area (Å²) in [5.41, 5.74) is 6.41. The molecule has 0 radical (unpaired) electrons. The van der Waals surface area contributed by atoms with E-state index in [1.165, 1.54) is 4.90 Å². The maximum Gasteiger partial charge on any atom is 0.259 e. The van der Waals surface area contributed by atoms with E-state index in [2.05, 4.69) is 25.5 Å². The van der Waals surface area contributed by atoms with Crippen molar-refractivity contribution in [2.24, 2.45) is 12.5 Å². The van der Waals surface area contributed by atoms with Crippen molar-refractivity contribution in [3.63, 3.8) is 0 Å². The summed E-state index contributed by atoms with van der Waals surface area (Å²) in [5.74, 6) is -0.0300. The Balaban J connectivity index is 0.948. The molecular weight excluding hydrogens is 839 g/mol. The van der Waals surface area contributed by atoms with Crippen LogP contribution >= 0.6 is 11.3 Å². The average molecular weight is 898 g/mol. The Kier molecular flexibility index (Phi) is 15.9.